The molecule has 0 bridgehead atoms. The van der Waals surface area contributed by atoms with Gasteiger partial charge in [0, 0.05) is 11.4 Å². The Morgan fingerprint density at radius 2 is 2.32 bits per heavy atom. The molecule has 2 aromatic rings. The van der Waals surface area contributed by atoms with E-state index in [4.69, 9.17) is 9.15 Å². The molecule has 104 valence electrons. The second-order valence-electron chi connectivity index (χ2n) is 4.52. The minimum Gasteiger partial charge on any atom is -0.468 e. The van der Waals surface area contributed by atoms with Crippen LogP contribution in [0.2, 0.25) is 0 Å². The summed E-state index contributed by atoms with van der Waals surface area (Å²) < 4.78 is 10.7. The molecule has 1 unspecified atom stereocenters. The summed E-state index contributed by atoms with van der Waals surface area (Å²) in [7, 11) is 1.95. The Kier molecular flexibility index (Phi) is 5.60. The molecular weight excluding hydrogens is 262 g/mol. The van der Waals surface area contributed by atoms with Crippen LogP contribution in [0.1, 0.15) is 10.6 Å². The summed E-state index contributed by atoms with van der Waals surface area (Å²) in [5, 5.41) is 11.9. The molecule has 0 aliphatic carbocycles. The lowest BCUT2D eigenvalue weighted by atomic mass is 10.3. The van der Waals surface area contributed by atoms with Crippen LogP contribution in [0.3, 0.4) is 0 Å². The van der Waals surface area contributed by atoms with Crippen LogP contribution in [0.15, 0.2) is 40.3 Å². The van der Waals surface area contributed by atoms with E-state index in [1.165, 1.54) is 4.88 Å². The zero-order valence-electron chi connectivity index (χ0n) is 11.0. The van der Waals surface area contributed by atoms with Crippen molar-refractivity contribution in [3.05, 3.63) is 46.5 Å². The second-order valence-corrected chi connectivity index (χ2v) is 5.56. The zero-order valence-corrected chi connectivity index (χ0v) is 11.8. The number of aliphatic hydroxyl groups is 1. The summed E-state index contributed by atoms with van der Waals surface area (Å²) in [6, 6.07) is 7.82. The Morgan fingerprint density at radius 3 is 3.00 bits per heavy atom. The largest absolute Gasteiger partial charge is 0.468 e. The topological polar surface area (TPSA) is 45.8 Å². The van der Waals surface area contributed by atoms with Crippen molar-refractivity contribution in [1.29, 1.82) is 0 Å². The zero-order chi connectivity index (χ0) is 13.5. The molecule has 0 aliphatic heterocycles. The summed E-state index contributed by atoms with van der Waals surface area (Å²) >= 11 is 1.66. The van der Waals surface area contributed by atoms with Crippen LogP contribution in [0.25, 0.3) is 0 Å². The van der Waals surface area contributed by atoms with E-state index in [1.807, 2.05) is 41.6 Å². The van der Waals surface area contributed by atoms with Gasteiger partial charge in [0.15, 0.2) is 0 Å². The highest BCUT2D eigenvalue weighted by Gasteiger charge is 2.10. The van der Waals surface area contributed by atoms with Crippen molar-refractivity contribution >= 4 is 11.3 Å². The number of furan rings is 1. The number of hydrogen-bond donors (Lipinski definition) is 1. The van der Waals surface area contributed by atoms with Crippen LogP contribution in [0.4, 0.5) is 0 Å². The Labute approximate surface area is 117 Å². The van der Waals surface area contributed by atoms with Crippen molar-refractivity contribution in [3.8, 4) is 0 Å². The molecule has 0 amide bonds. The van der Waals surface area contributed by atoms with Gasteiger partial charge in [0.05, 0.1) is 32.1 Å². The minimum atomic E-state index is -0.486. The summed E-state index contributed by atoms with van der Waals surface area (Å²) in [6.07, 6.45) is 1.17. The van der Waals surface area contributed by atoms with Crippen LogP contribution in [0.5, 0.6) is 0 Å². The molecule has 0 aromatic carbocycles. The van der Waals surface area contributed by atoms with Gasteiger partial charge in [-0.2, -0.15) is 0 Å². The van der Waals surface area contributed by atoms with E-state index in [2.05, 4.69) is 0 Å². The number of ether oxygens (including phenoxy) is 1. The molecule has 2 heterocycles. The summed E-state index contributed by atoms with van der Waals surface area (Å²) in [6.45, 7) is 2.16. The molecule has 0 radical (unpaired) electrons. The van der Waals surface area contributed by atoms with Gasteiger partial charge in [0.2, 0.25) is 0 Å². The Bertz CT molecular complexity index is 441. The normalized spacial score (nSPS) is 13.0. The maximum atomic E-state index is 9.88. The SMILES string of the molecule is CN(Cc1ccco1)CC(O)COCc1cccs1. The van der Waals surface area contributed by atoms with E-state index in [0.29, 0.717) is 26.3 Å². The third-order valence-corrected chi connectivity index (χ3v) is 3.51. The lowest BCUT2D eigenvalue weighted by Gasteiger charge is -2.19. The fourth-order valence-electron chi connectivity index (χ4n) is 1.84. The third-order valence-electron chi connectivity index (χ3n) is 2.66. The number of aliphatic hydroxyl groups excluding tert-OH is 1. The molecule has 2 rings (SSSR count). The van der Waals surface area contributed by atoms with Crippen LogP contribution in [-0.2, 0) is 17.9 Å². The molecule has 0 aliphatic rings. The van der Waals surface area contributed by atoms with E-state index in [0.717, 1.165) is 5.76 Å². The van der Waals surface area contributed by atoms with Crippen LogP contribution < -0.4 is 0 Å². The molecule has 1 N–H and O–H groups in total. The fourth-order valence-corrected chi connectivity index (χ4v) is 2.48. The molecule has 0 spiro atoms. The molecule has 0 saturated carbocycles. The predicted octanol–water partition coefficient (Wildman–Crippen LogP) is 2.35. The van der Waals surface area contributed by atoms with Gasteiger partial charge in [0.25, 0.3) is 0 Å². The van der Waals surface area contributed by atoms with Gasteiger partial charge in [-0.1, -0.05) is 6.07 Å². The van der Waals surface area contributed by atoms with E-state index < -0.39 is 6.10 Å². The Morgan fingerprint density at radius 1 is 1.42 bits per heavy atom. The number of rotatable bonds is 8. The van der Waals surface area contributed by atoms with Crippen LogP contribution in [-0.4, -0.2) is 36.3 Å². The first-order valence-corrected chi connectivity index (χ1v) is 7.11. The van der Waals surface area contributed by atoms with Crippen molar-refractivity contribution in [2.75, 3.05) is 20.2 Å². The van der Waals surface area contributed by atoms with Gasteiger partial charge in [0.1, 0.15) is 5.76 Å². The Balaban J connectivity index is 1.62. The van der Waals surface area contributed by atoms with E-state index in [-0.39, 0.29) is 0 Å². The van der Waals surface area contributed by atoms with Crippen LogP contribution in [0, 0.1) is 0 Å². The van der Waals surface area contributed by atoms with Gasteiger partial charge in [-0.05, 0) is 30.6 Å². The lowest BCUT2D eigenvalue weighted by molar-refractivity contribution is 0.0128. The van der Waals surface area contributed by atoms with Gasteiger partial charge in [-0.15, -0.1) is 11.3 Å². The van der Waals surface area contributed by atoms with E-state index >= 15 is 0 Å². The molecule has 2 aromatic heterocycles. The van der Waals surface area contributed by atoms with Crippen molar-refractivity contribution in [2.45, 2.75) is 19.3 Å². The van der Waals surface area contributed by atoms with Crippen molar-refractivity contribution < 1.29 is 14.3 Å². The first-order valence-electron chi connectivity index (χ1n) is 6.23. The predicted molar refractivity (Wildman–Crippen MR) is 75.0 cm³/mol. The molecule has 19 heavy (non-hydrogen) atoms. The highest BCUT2D eigenvalue weighted by atomic mass is 32.1. The average molecular weight is 281 g/mol. The van der Waals surface area contributed by atoms with Gasteiger partial charge in [-0.3, -0.25) is 4.90 Å². The van der Waals surface area contributed by atoms with Gasteiger partial charge < -0.3 is 14.3 Å². The quantitative estimate of drug-likeness (QED) is 0.807. The monoisotopic (exact) mass is 281 g/mol. The highest BCUT2D eigenvalue weighted by molar-refractivity contribution is 7.09. The minimum absolute atomic E-state index is 0.348. The maximum Gasteiger partial charge on any atom is 0.117 e. The standard InChI is InChI=1S/C14H19NO3S/c1-15(9-13-4-2-6-18-13)8-12(16)10-17-11-14-5-3-7-19-14/h2-7,12,16H,8-11H2,1H3. The molecule has 0 fully saturated rings. The molecule has 5 heteroatoms. The first-order chi connectivity index (χ1) is 9.24. The smallest absolute Gasteiger partial charge is 0.117 e. The summed E-state index contributed by atoms with van der Waals surface area (Å²) in [4.78, 5) is 3.19. The summed E-state index contributed by atoms with van der Waals surface area (Å²) in [5.74, 6) is 0.897. The van der Waals surface area contributed by atoms with Gasteiger partial charge in [-0.25, -0.2) is 0 Å². The fraction of sp³-hybridized carbons (Fsp3) is 0.429. The number of nitrogens with zero attached hydrogens (tertiary/aromatic N) is 1. The van der Waals surface area contributed by atoms with E-state index in [1.54, 1.807) is 17.6 Å². The number of thiophene rings is 1. The van der Waals surface area contributed by atoms with Gasteiger partial charge >= 0.3 is 0 Å². The van der Waals surface area contributed by atoms with Crippen molar-refractivity contribution in [3.63, 3.8) is 0 Å². The molecular formula is C14H19NO3S. The lowest BCUT2D eigenvalue weighted by Crippen LogP contribution is -2.31. The first kappa shape index (κ1) is 14.3. The second kappa shape index (κ2) is 7.45. The van der Waals surface area contributed by atoms with Crippen molar-refractivity contribution in [1.82, 2.24) is 4.90 Å². The number of hydrogen-bond acceptors (Lipinski definition) is 5. The number of likely N-dealkylation sites (N-methyl/N-ethyl adjacent to an activating group) is 1. The summed E-state index contributed by atoms with van der Waals surface area (Å²) in [5.41, 5.74) is 0. The van der Waals surface area contributed by atoms with E-state index in [9.17, 15) is 5.11 Å². The van der Waals surface area contributed by atoms with Crippen molar-refractivity contribution in [2.24, 2.45) is 0 Å². The highest BCUT2D eigenvalue weighted by Crippen LogP contribution is 2.10. The van der Waals surface area contributed by atoms with Crippen LogP contribution >= 0.6 is 11.3 Å². The Hall–Kier alpha value is -1.14. The average Bonchev–Trinajstić information content (AvgIpc) is 3.01. The molecule has 0 saturated heterocycles. The molecule has 4 nitrogen and oxygen atoms in total. The maximum absolute atomic E-state index is 9.88. The third kappa shape index (κ3) is 5.16. The molecule has 1 atom stereocenters.